The third-order valence-electron chi connectivity index (χ3n) is 4.56. The Morgan fingerprint density at radius 2 is 1.97 bits per heavy atom. The lowest BCUT2D eigenvalue weighted by atomic mass is 10.1. The van der Waals surface area contributed by atoms with Crippen LogP contribution >= 0.6 is 35.0 Å². The largest absolute Gasteiger partial charge is 0.342 e. The number of rotatable bonds is 7. The molecule has 0 fully saturated rings. The minimum absolute atomic E-state index is 0.122. The summed E-state index contributed by atoms with van der Waals surface area (Å²) in [5.41, 5.74) is 2.58. The summed E-state index contributed by atoms with van der Waals surface area (Å²) < 4.78 is 2.01. The minimum Gasteiger partial charge on any atom is -0.342 e. The van der Waals surface area contributed by atoms with Crippen molar-refractivity contribution in [1.82, 2.24) is 20.1 Å². The van der Waals surface area contributed by atoms with Crippen LogP contribution in [0, 0.1) is 6.92 Å². The average molecular weight is 449 g/mol. The molecule has 0 saturated carbocycles. The van der Waals surface area contributed by atoms with Gasteiger partial charge in [0.05, 0.1) is 6.04 Å². The fraction of sp³-hybridized carbons (Fsp3) is 0.286. The molecule has 152 valence electrons. The van der Waals surface area contributed by atoms with E-state index in [4.69, 9.17) is 23.2 Å². The van der Waals surface area contributed by atoms with Crippen LogP contribution in [0.3, 0.4) is 0 Å². The van der Waals surface area contributed by atoms with Gasteiger partial charge in [0.15, 0.2) is 11.0 Å². The first-order chi connectivity index (χ1) is 13.9. The molecule has 0 aliphatic rings. The van der Waals surface area contributed by atoms with E-state index in [2.05, 4.69) is 15.5 Å². The number of hydrogen-bond acceptors (Lipinski definition) is 4. The summed E-state index contributed by atoms with van der Waals surface area (Å²) in [6.07, 6.45) is 0. The molecule has 0 aliphatic heterocycles. The second kappa shape index (κ2) is 9.65. The Morgan fingerprint density at radius 3 is 2.66 bits per heavy atom. The van der Waals surface area contributed by atoms with Gasteiger partial charge in [-0.3, -0.25) is 4.79 Å². The number of nitrogens with one attached hydrogen (secondary N) is 1. The Bertz CT molecular complexity index is 1020. The number of benzene rings is 2. The van der Waals surface area contributed by atoms with Gasteiger partial charge < -0.3 is 9.88 Å². The number of carbonyl (C=O) groups excluding carboxylic acids is 1. The molecule has 0 saturated heterocycles. The number of nitrogens with zero attached hydrogens (tertiary/aromatic N) is 3. The Labute approximate surface area is 184 Å². The van der Waals surface area contributed by atoms with E-state index < -0.39 is 0 Å². The van der Waals surface area contributed by atoms with Crippen molar-refractivity contribution < 1.29 is 4.79 Å². The van der Waals surface area contributed by atoms with Crippen molar-refractivity contribution in [3.05, 3.63) is 75.0 Å². The fourth-order valence-electron chi connectivity index (χ4n) is 2.97. The molecule has 0 aliphatic carbocycles. The highest BCUT2D eigenvalue weighted by Crippen LogP contribution is 2.29. The van der Waals surface area contributed by atoms with E-state index in [0.717, 1.165) is 22.1 Å². The zero-order valence-electron chi connectivity index (χ0n) is 16.4. The average Bonchev–Trinajstić information content (AvgIpc) is 3.10. The van der Waals surface area contributed by atoms with E-state index in [0.29, 0.717) is 27.9 Å². The second-order valence-corrected chi connectivity index (χ2v) is 8.41. The Morgan fingerprint density at radius 1 is 1.21 bits per heavy atom. The minimum atomic E-state index is -0.275. The van der Waals surface area contributed by atoms with Gasteiger partial charge >= 0.3 is 0 Å². The predicted molar refractivity (Wildman–Crippen MR) is 119 cm³/mol. The maximum Gasteiger partial charge on any atom is 0.252 e. The van der Waals surface area contributed by atoms with Gasteiger partial charge in [0.1, 0.15) is 0 Å². The summed E-state index contributed by atoms with van der Waals surface area (Å²) >= 11 is 13.8. The molecule has 1 amide bonds. The molecule has 1 atom stereocenters. The monoisotopic (exact) mass is 448 g/mol. The van der Waals surface area contributed by atoms with Crippen molar-refractivity contribution in [2.75, 3.05) is 0 Å². The first-order valence-corrected chi connectivity index (χ1v) is 11.0. The van der Waals surface area contributed by atoms with Crippen LogP contribution in [-0.4, -0.2) is 20.7 Å². The van der Waals surface area contributed by atoms with Crippen molar-refractivity contribution in [2.24, 2.45) is 0 Å². The van der Waals surface area contributed by atoms with Gasteiger partial charge in [-0.2, -0.15) is 0 Å². The lowest BCUT2D eigenvalue weighted by Gasteiger charge is -2.16. The smallest absolute Gasteiger partial charge is 0.252 e. The van der Waals surface area contributed by atoms with Gasteiger partial charge in [-0.05, 0) is 50.1 Å². The van der Waals surface area contributed by atoms with Crippen LogP contribution in [0.2, 0.25) is 10.0 Å². The van der Waals surface area contributed by atoms with Gasteiger partial charge in [0, 0.05) is 27.9 Å². The second-order valence-electron chi connectivity index (χ2n) is 6.62. The first-order valence-electron chi connectivity index (χ1n) is 9.27. The van der Waals surface area contributed by atoms with Gasteiger partial charge in [-0.1, -0.05) is 59.2 Å². The van der Waals surface area contributed by atoms with E-state index in [1.54, 1.807) is 17.8 Å². The molecular weight excluding hydrogens is 427 g/mol. The van der Waals surface area contributed by atoms with E-state index in [9.17, 15) is 4.79 Å². The van der Waals surface area contributed by atoms with Crippen LogP contribution in [0.15, 0.2) is 47.6 Å². The number of amides is 1. The summed E-state index contributed by atoms with van der Waals surface area (Å²) in [4.78, 5) is 12.6. The van der Waals surface area contributed by atoms with Gasteiger partial charge in [-0.15, -0.1) is 10.2 Å². The van der Waals surface area contributed by atoms with Crippen molar-refractivity contribution in [3.8, 4) is 0 Å². The molecule has 0 radical (unpaired) electrons. The molecule has 0 bridgehead atoms. The van der Waals surface area contributed by atoms with Gasteiger partial charge in [0.25, 0.3) is 5.91 Å². The van der Waals surface area contributed by atoms with Crippen molar-refractivity contribution in [1.29, 1.82) is 0 Å². The Hall–Kier alpha value is -2.02. The molecule has 0 spiro atoms. The lowest BCUT2D eigenvalue weighted by Crippen LogP contribution is -2.29. The number of hydrogen-bond donors (Lipinski definition) is 1. The van der Waals surface area contributed by atoms with Crippen molar-refractivity contribution >= 4 is 40.9 Å². The maximum atomic E-state index is 12.6. The summed E-state index contributed by atoms with van der Waals surface area (Å²) in [7, 11) is 0. The van der Waals surface area contributed by atoms with Crippen LogP contribution < -0.4 is 5.32 Å². The van der Waals surface area contributed by atoms with Crippen LogP contribution in [0.4, 0.5) is 0 Å². The number of thioether (sulfide) groups is 1. The van der Waals surface area contributed by atoms with Crippen LogP contribution in [0.5, 0.6) is 0 Å². The normalized spacial score (nSPS) is 12.0. The molecule has 0 unspecified atom stereocenters. The molecule has 1 aromatic heterocycles. The Kier molecular flexibility index (Phi) is 7.22. The van der Waals surface area contributed by atoms with E-state index in [1.165, 1.54) is 0 Å². The van der Waals surface area contributed by atoms with Crippen molar-refractivity contribution in [3.63, 3.8) is 0 Å². The predicted octanol–water partition coefficient (Wildman–Crippen LogP) is 5.70. The standard InChI is InChI=1S/C21H22Cl2N4OS/c1-4-27-19(14(3)24-20(28)17-8-6-5-7-13(17)2)25-26-21(27)29-12-15-9-10-16(22)11-18(15)23/h5-11,14H,4,12H2,1-3H3,(H,24,28)/t14-/m1/s1. The molecule has 2 aromatic carbocycles. The summed E-state index contributed by atoms with van der Waals surface area (Å²) in [6.45, 7) is 6.56. The van der Waals surface area contributed by atoms with Crippen molar-refractivity contribution in [2.45, 2.75) is 44.3 Å². The highest BCUT2D eigenvalue weighted by Gasteiger charge is 2.20. The quantitative estimate of drug-likeness (QED) is 0.471. The van der Waals surface area contributed by atoms with Gasteiger partial charge in [-0.25, -0.2) is 0 Å². The SMILES string of the molecule is CCn1c(SCc2ccc(Cl)cc2Cl)nnc1[C@@H](C)NC(=O)c1ccccc1C. The third kappa shape index (κ3) is 5.13. The zero-order chi connectivity index (χ0) is 21.0. The summed E-state index contributed by atoms with van der Waals surface area (Å²) in [5, 5.41) is 13.7. The molecule has 1 N–H and O–H groups in total. The first kappa shape index (κ1) is 21.7. The summed E-state index contributed by atoms with van der Waals surface area (Å²) in [5.74, 6) is 1.25. The summed E-state index contributed by atoms with van der Waals surface area (Å²) in [6, 6.07) is 12.7. The molecule has 5 nitrogen and oxygen atoms in total. The highest BCUT2D eigenvalue weighted by molar-refractivity contribution is 7.98. The number of aryl methyl sites for hydroxylation is 1. The number of halogens is 2. The molecule has 3 aromatic rings. The molecular formula is C21H22Cl2N4OS. The number of carbonyl (C=O) groups is 1. The topological polar surface area (TPSA) is 59.8 Å². The van der Waals surface area contributed by atoms with Crippen LogP contribution in [-0.2, 0) is 12.3 Å². The van der Waals surface area contributed by atoms with Gasteiger partial charge in [0.2, 0.25) is 0 Å². The van der Waals surface area contributed by atoms with E-state index in [1.807, 2.05) is 61.7 Å². The van der Waals surface area contributed by atoms with E-state index in [-0.39, 0.29) is 11.9 Å². The van der Waals surface area contributed by atoms with Crippen LogP contribution in [0.1, 0.15) is 47.2 Å². The fourth-order valence-corrected chi connectivity index (χ4v) is 4.54. The molecule has 29 heavy (non-hydrogen) atoms. The molecule has 1 heterocycles. The third-order valence-corrected chi connectivity index (χ3v) is 6.16. The molecule has 3 rings (SSSR count). The maximum absolute atomic E-state index is 12.6. The zero-order valence-corrected chi connectivity index (χ0v) is 18.8. The highest BCUT2D eigenvalue weighted by atomic mass is 35.5. The van der Waals surface area contributed by atoms with Crippen LogP contribution in [0.25, 0.3) is 0 Å². The number of aromatic nitrogens is 3. The van der Waals surface area contributed by atoms with E-state index >= 15 is 0 Å². The lowest BCUT2D eigenvalue weighted by molar-refractivity contribution is 0.0937. The Balaban J connectivity index is 1.73. The molecule has 8 heteroatoms.